The van der Waals surface area contributed by atoms with Crippen molar-refractivity contribution in [2.45, 2.75) is 17.7 Å². The lowest BCUT2D eigenvalue weighted by Gasteiger charge is -2.29. The summed E-state index contributed by atoms with van der Waals surface area (Å²) in [5.41, 5.74) is -0.160. The number of thioether (sulfide) groups is 1. The normalized spacial score (nSPS) is 15.7. The summed E-state index contributed by atoms with van der Waals surface area (Å²) in [6, 6.07) is 5.88. The Morgan fingerprint density at radius 3 is 2.36 bits per heavy atom. The Bertz CT molecular complexity index is 542. The Kier molecular flexibility index (Phi) is 5.52. The number of benzene rings is 1. The Hall–Kier alpha value is -1.47. The average molecular weight is 329 g/mol. The molecule has 0 unspecified atom stereocenters. The number of nitrogens with zero attached hydrogens (tertiary/aromatic N) is 1. The van der Waals surface area contributed by atoms with Gasteiger partial charge in [-0.05, 0) is 17.9 Å². The summed E-state index contributed by atoms with van der Waals surface area (Å²) in [7, 11) is 0. The molecule has 2 rings (SSSR count). The molecule has 1 aliphatic rings. The first-order chi connectivity index (χ1) is 10.5. The van der Waals surface area contributed by atoms with Crippen molar-refractivity contribution in [1.82, 2.24) is 4.90 Å². The standard InChI is InChI=1S/C15H17F2NO3S/c1-2-22-12-5-3-11(4-6-12)13(19)15(16,17)14(20)18-7-9-21-10-8-18/h3-6H,2,7-10H2,1H3. The Morgan fingerprint density at radius 2 is 1.82 bits per heavy atom. The number of carbonyl (C=O) groups is 2. The summed E-state index contributed by atoms with van der Waals surface area (Å²) in [5, 5.41) is 0. The van der Waals surface area contributed by atoms with E-state index >= 15 is 0 Å². The molecule has 0 aliphatic carbocycles. The highest BCUT2D eigenvalue weighted by Crippen LogP contribution is 2.25. The molecule has 7 heteroatoms. The van der Waals surface area contributed by atoms with Crippen LogP contribution in [0.15, 0.2) is 29.2 Å². The van der Waals surface area contributed by atoms with Crippen molar-refractivity contribution in [3.05, 3.63) is 29.8 Å². The number of Topliss-reactive ketones (excluding diaryl/α,β-unsaturated/α-hetero) is 1. The van der Waals surface area contributed by atoms with Crippen molar-refractivity contribution >= 4 is 23.5 Å². The van der Waals surface area contributed by atoms with Gasteiger partial charge in [0.25, 0.3) is 0 Å². The van der Waals surface area contributed by atoms with E-state index in [1.807, 2.05) is 6.92 Å². The molecule has 0 saturated carbocycles. The van der Waals surface area contributed by atoms with Crippen LogP contribution in [0.4, 0.5) is 8.78 Å². The SMILES string of the molecule is CCSc1ccc(C(=O)C(F)(F)C(=O)N2CCOCC2)cc1. The third-order valence-electron chi connectivity index (χ3n) is 3.28. The van der Waals surface area contributed by atoms with Crippen LogP contribution in [-0.2, 0) is 9.53 Å². The second-order valence-corrected chi connectivity index (χ2v) is 6.10. The molecule has 0 spiro atoms. The molecule has 0 aromatic heterocycles. The van der Waals surface area contributed by atoms with E-state index in [-0.39, 0.29) is 31.9 Å². The average Bonchev–Trinajstić information content (AvgIpc) is 2.55. The molecule has 120 valence electrons. The zero-order valence-electron chi connectivity index (χ0n) is 12.2. The number of halogens is 2. The third kappa shape index (κ3) is 3.64. The van der Waals surface area contributed by atoms with Gasteiger partial charge in [-0.2, -0.15) is 8.78 Å². The predicted molar refractivity (Wildman–Crippen MR) is 79.5 cm³/mol. The summed E-state index contributed by atoms with van der Waals surface area (Å²) in [6.07, 6.45) is 0. The van der Waals surface area contributed by atoms with Crippen molar-refractivity contribution in [2.75, 3.05) is 32.1 Å². The van der Waals surface area contributed by atoms with Crippen molar-refractivity contribution in [1.29, 1.82) is 0 Å². The molecule has 1 aliphatic heterocycles. The molecule has 1 aromatic carbocycles. The van der Waals surface area contributed by atoms with Crippen LogP contribution in [0.1, 0.15) is 17.3 Å². The molecule has 4 nitrogen and oxygen atoms in total. The van der Waals surface area contributed by atoms with Crippen LogP contribution in [0.3, 0.4) is 0 Å². The van der Waals surface area contributed by atoms with Crippen molar-refractivity contribution in [3.63, 3.8) is 0 Å². The molecule has 1 heterocycles. The zero-order chi connectivity index (χ0) is 16.2. The van der Waals surface area contributed by atoms with Crippen LogP contribution in [0.5, 0.6) is 0 Å². The third-order valence-corrected chi connectivity index (χ3v) is 4.17. The highest BCUT2D eigenvalue weighted by atomic mass is 32.2. The van der Waals surface area contributed by atoms with E-state index in [9.17, 15) is 18.4 Å². The Morgan fingerprint density at radius 1 is 1.23 bits per heavy atom. The second-order valence-electron chi connectivity index (χ2n) is 4.77. The van der Waals surface area contributed by atoms with Crippen LogP contribution in [-0.4, -0.2) is 54.6 Å². The fourth-order valence-corrected chi connectivity index (χ4v) is 2.77. The lowest BCUT2D eigenvalue weighted by molar-refractivity contribution is -0.154. The first kappa shape index (κ1) is 16.9. The number of morpholine rings is 1. The topological polar surface area (TPSA) is 46.6 Å². The fourth-order valence-electron chi connectivity index (χ4n) is 2.11. The minimum atomic E-state index is -4.04. The van der Waals surface area contributed by atoms with Gasteiger partial charge in [0.15, 0.2) is 0 Å². The number of rotatable bonds is 5. The van der Waals surface area contributed by atoms with Crippen LogP contribution in [0.2, 0.25) is 0 Å². The van der Waals surface area contributed by atoms with Crippen molar-refractivity contribution in [3.8, 4) is 0 Å². The van der Waals surface area contributed by atoms with Crippen LogP contribution in [0, 0.1) is 0 Å². The largest absolute Gasteiger partial charge is 0.386 e. The second kappa shape index (κ2) is 7.19. The van der Waals surface area contributed by atoms with E-state index in [1.54, 1.807) is 23.9 Å². The van der Waals surface area contributed by atoms with Crippen LogP contribution in [0.25, 0.3) is 0 Å². The van der Waals surface area contributed by atoms with Crippen molar-refractivity contribution < 1.29 is 23.1 Å². The van der Waals surface area contributed by atoms with E-state index in [2.05, 4.69) is 0 Å². The maximum absolute atomic E-state index is 14.1. The van der Waals surface area contributed by atoms with Gasteiger partial charge < -0.3 is 9.64 Å². The molecule has 22 heavy (non-hydrogen) atoms. The molecule has 1 saturated heterocycles. The van der Waals surface area contributed by atoms with E-state index < -0.39 is 17.6 Å². The summed E-state index contributed by atoms with van der Waals surface area (Å²) < 4.78 is 33.3. The molecule has 1 amide bonds. The van der Waals surface area contributed by atoms with Gasteiger partial charge >= 0.3 is 11.8 Å². The van der Waals surface area contributed by atoms with Crippen LogP contribution < -0.4 is 0 Å². The molecule has 0 bridgehead atoms. The molecule has 0 radical (unpaired) electrons. The lowest BCUT2D eigenvalue weighted by atomic mass is 10.0. The van der Waals surface area contributed by atoms with Gasteiger partial charge in [-0.25, -0.2) is 0 Å². The maximum Gasteiger partial charge on any atom is 0.386 e. The number of carbonyl (C=O) groups excluding carboxylic acids is 2. The van der Waals surface area contributed by atoms with E-state index in [0.717, 1.165) is 15.5 Å². The molecule has 0 N–H and O–H groups in total. The monoisotopic (exact) mass is 329 g/mol. The highest BCUT2D eigenvalue weighted by Gasteiger charge is 2.50. The Balaban J connectivity index is 2.13. The van der Waals surface area contributed by atoms with E-state index in [0.29, 0.717) is 0 Å². The Labute approximate surface area is 131 Å². The van der Waals surface area contributed by atoms with Gasteiger partial charge in [0.1, 0.15) is 0 Å². The highest BCUT2D eigenvalue weighted by molar-refractivity contribution is 7.99. The molecular formula is C15H17F2NO3S. The summed E-state index contributed by atoms with van der Waals surface area (Å²) in [6.45, 7) is 2.54. The minimum absolute atomic E-state index is 0.0772. The number of hydrogen-bond acceptors (Lipinski definition) is 4. The van der Waals surface area contributed by atoms with Gasteiger partial charge in [0.2, 0.25) is 5.78 Å². The number of ketones is 1. The first-order valence-electron chi connectivity index (χ1n) is 6.99. The van der Waals surface area contributed by atoms with Gasteiger partial charge in [0, 0.05) is 23.5 Å². The minimum Gasteiger partial charge on any atom is -0.378 e. The number of hydrogen-bond donors (Lipinski definition) is 0. The molecular weight excluding hydrogens is 312 g/mol. The number of amides is 1. The van der Waals surface area contributed by atoms with Crippen molar-refractivity contribution in [2.24, 2.45) is 0 Å². The molecule has 0 atom stereocenters. The predicted octanol–water partition coefficient (Wildman–Crippen LogP) is 2.48. The van der Waals surface area contributed by atoms with Gasteiger partial charge in [0.05, 0.1) is 13.2 Å². The number of ether oxygens (including phenoxy) is 1. The maximum atomic E-state index is 14.1. The molecule has 1 fully saturated rings. The van der Waals surface area contributed by atoms with Crippen LogP contribution >= 0.6 is 11.8 Å². The van der Waals surface area contributed by atoms with E-state index in [1.165, 1.54) is 12.1 Å². The fraction of sp³-hybridized carbons (Fsp3) is 0.467. The quantitative estimate of drug-likeness (QED) is 0.473. The van der Waals surface area contributed by atoms with Gasteiger partial charge in [-0.3, -0.25) is 9.59 Å². The van der Waals surface area contributed by atoms with Gasteiger partial charge in [-0.1, -0.05) is 19.1 Å². The number of alkyl halides is 2. The summed E-state index contributed by atoms with van der Waals surface area (Å²) >= 11 is 1.54. The zero-order valence-corrected chi connectivity index (χ0v) is 13.0. The van der Waals surface area contributed by atoms with Gasteiger partial charge in [-0.15, -0.1) is 11.8 Å². The molecule has 1 aromatic rings. The smallest absolute Gasteiger partial charge is 0.378 e. The first-order valence-corrected chi connectivity index (χ1v) is 7.98. The summed E-state index contributed by atoms with van der Waals surface area (Å²) in [4.78, 5) is 25.7. The summed E-state index contributed by atoms with van der Waals surface area (Å²) in [5.74, 6) is -6.11. The van der Waals surface area contributed by atoms with E-state index in [4.69, 9.17) is 4.74 Å². The lowest BCUT2D eigenvalue weighted by Crippen LogP contribution is -2.51.